The number of aliphatic hydroxyl groups excluding tert-OH is 1. The third-order valence-corrected chi connectivity index (χ3v) is 2.25. The Morgan fingerprint density at radius 1 is 1.69 bits per heavy atom. The Morgan fingerprint density at radius 2 is 2.38 bits per heavy atom. The molecular weight excluding hydrogens is 172 g/mol. The molecule has 0 saturated carbocycles. The van der Waals surface area contributed by atoms with Crippen molar-refractivity contribution >= 4 is 5.97 Å². The minimum Gasteiger partial charge on any atom is -0.466 e. The van der Waals surface area contributed by atoms with Gasteiger partial charge in [-0.3, -0.25) is 4.79 Å². The fraction of sp³-hybridized carbons (Fsp3) is 0.889. The summed E-state index contributed by atoms with van der Waals surface area (Å²) in [6, 6.07) is 0. The van der Waals surface area contributed by atoms with Crippen LogP contribution in [0.25, 0.3) is 0 Å². The largest absolute Gasteiger partial charge is 0.466 e. The van der Waals surface area contributed by atoms with E-state index < -0.39 is 6.10 Å². The molecule has 0 aromatic rings. The number of hydrogen-bond acceptors (Lipinski definition) is 4. The van der Waals surface area contributed by atoms with Crippen molar-refractivity contribution in [2.75, 3.05) is 13.2 Å². The molecule has 4 nitrogen and oxygen atoms in total. The second kappa shape index (κ2) is 4.58. The van der Waals surface area contributed by atoms with Crippen LogP contribution in [0.5, 0.6) is 0 Å². The van der Waals surface area contributed by atoms with Gasteiger partial charge in [0.15, 0.2) is 0 Å². The molecule has 1 aliphatic rings. The quantitative estimate of drug-likeness (QED) is 0.635. The Balaban J connectivity index is 2.40. The van der Waals surface area contributed by atoms with Crippen LogP contribution in [0.3, 0.4) is 0 Å². The summed E-state index contributed by atoms with van der Waals surface area (Å²) in [4.78, 5) is 11.2. The van der Waals surface area contributed by atoms with E-state index in [-0.39, 0.29) is 18.0 Å². The van der Waals surface area contributed by atoms with Gasteiger partial charge in [-0.05, 0) is 20.3 Å². The number of carbonyl (C=O) groups is 1. The average molecular weight is 188 g/mol. The van der Waals surface area contributed by atoms with Gasteiger partial charge in [0.1, 0.15) is 0 Å². The molecule has 0 radical (unpaired) electrons. The number of esters is 1. The van der Waals surface area contributed by atoms with Gasteiger partial charge >= 0.3 is 5.97 Å². The lowest BCUT2D eigenvalue weighted by Gasteiger charge is -2.29. The van der Waals surface area contributed by atoms with Crippen molar-refractivity contribution in [1.29, 1.82) is 0 Å². The molecule has 4 heteroatoms. The van der Waals surface area contributed by atoms with Crippen molar-refractivity contribution in [3.05, 3.63) is 0 Å². The van der Waals surface area contributed by atoms with Crippen LogP contribution < -0.4 is 0 Å². The summed E-state index contributed by atoms with van der Waals surface area (Å²) in [7, 11) is 0. The van der Waals surface area contributed by atoms with Crippen molar-refractivity contribution in [3.63, 3.8) is 0 Å². The Hall–Kier alpha value is -0.610. The summed E-state index contributed by atoms with van der Waals surface area (Å²) in [5.41, 5.74) is 0. The highest BCUT2D eigenvalue weighted by atomic mass is 16.5. The molecule has 1 aliphatic heterocycles. The predicted molar refractivity (Wildman–Crippen MR) is 46.2 cm³/mol. The van der Waals surface area contributed by atoms with Gasteiger partial charge in [0.2, 0.25) is 0 Å². The Bertz CT molecular complexity index is 180. The highest BCUT2D eigenvalue weighted by Gasteiger charge is 2.31. The zero-order chi connectivity index (χ0) is 9.84. The summed E-state index contributed by atoms with van der Waals surface area (Å²) in [5.74, 6) is -0.570. The van der Waals surface area contributed by atoms with Crippen LogP contribution >= 0.6 is 0 Å². The van der Waals surface area contributed by atoms with E-state index in [4.69, 9.17) is 9.47 Å². The number of hydrogen-bond donors (Lipinski definition) is 1. The van der Waals surface area contributed by atoms with Crippen LogP contribution in [0, 0.1) is 5.92 Å². The van der Waals surface area contributed by atoms with Crippen LogP contribution in [0.4, 0.5) is 0 Å². The number of ether oxygens (including phenoxy) is 2. The van der Waals surface area contributed by atoms with Gasteiger partial charge in [-0.2, -0.15) is 0 Å². The first kappa shape index (κ1) is 10.5. The third-order valence-electron chi connectivity index (χ3n) is 2.25. The lowest BCUT2D eigenvalue weighted by Crippen LogP contribution is -2.40. The Morgan fingerprint density at radius 3 is 2.92 bits per heavy atom. The molecule has 0 amide bonds. The molecule has 1 N–H and O–H groups in total. The van der Waals surface area contributed by atoms with E-state index >= 15 is 0 Å². The zero-order valence-electron chi connectivity index (χ0n) is 8.03. The number of rotatable bonds is 2. The molecule has 13 heavy (non-hydrogen) atoms. The molecule has 1 saturated heterocycles. The molecule has 0 aliphatic carbocycles. The van der Waals surface area contributed by atoms with Crippen molar-refractivity contribution in [3.8, 4) is 0 Å². The SMILES string of the molecule is CCOC(=O)C1COC(C)C(O)C1. The van der Waals surface area contributed by atoms with Gasteiger partial charge in [-0.25, -0.2) is 0 Å². The van der Waals surface area contributed by atoms with E-state index in [1.165, 1.54) is 0 Å². The van der Waals surface area contributed by atoms with Crippen LogP contribution in [0.1, 0.15) is 20.3 Å². The smallest absolute Gasteiger partial charge is 0.311 e. The molecular formula is C9H16O4. The molecule has 76 valence electrons. The van der Waals surface area contributed by atoms with Gasteiger partial charge in [-0.15, -0.1) is 0 Å². The summed E-state index contributed by atoms with van der Waals surface area (Å²) in [6.45, 7) is 4.30. The van der Waals surface area contributed by atoms with Gasteiger partial charge in [0.05, 0.1) is 31.3 Å². The first-order valence-electron chi connectivity index (χ1n) is 4.61. The molecule has 0 spiro atoms. The number of aliphatic hydroxyl groups is 1. The third kappa shape index (κ3) is 2.67. The lowest BCUT2D eigenvalue weighted by molar-refractivity contribution is -0.161. The maximum absolute atomic E-state index is 11.2. The minimum atomic E-state index is -0.553. The Labute approximate surface area is 77.8 Å². The monoisotopic (exact) mass is 188 g/mol. The number of carbonyl (C=O) groups excluding carboxylic acids is 1. The highest BCUT2D eigenvalue weighted by Crippen LogP contribution is 2.20. The molecule has 0 aromatic carbocycles. The molecule has 0 bridgehead atoms. The van der Waals surface area contributed by atoms with Gasteiger partial charge in [0, 0.05) is 0 Å². The second-order valence-corrected chi connectivity index (χ2v) is 3.29. The maximum Gasteiger partial charge on any atom is 0.311 e. The van der Waals surface area contributed by atoms with E-state index in [1.807, 2.05) is 0 Å². The maximum atomic E-state index is 11.2. The highest BCUT2D eigenvalue weighted by molar-refractivity contribution is 5.72. The van der Waals surface area contributed by atoms with Crippen LogP contribution in [0.2, 0.25) is 0 Å². The summed E-state index contributed by atoms with van der Waals surface area (Å²) in [6.07, 6.45) is -0.283. The molecule has 1 fully saturated rings. The van der Waals surface area contributed by atoms with Gasteiger partial charge in [0.25, 0.3) is 0 Å². The summed E-state index contributed by atoms with van der Waals surface area (Å²) in [5, 5.41) is 9.43. The van der Waals surface area contributed by atoms with E-state index in [9.17, 15) is 9.90 Å². The van der Waals surface area contributed by atoms with Crippen LogP contribution in [-0.2, 0) is 14.3 Å². The fourth-order valence-electron chi connectivity index (χ4n) is 1.35. The zero-order valence-corrected chi connectivity index (χ0v) is 8.03. The Kier molecular flexibility index (Phi) is 3.69. The van der Waals surface area contributed by atoms with E-state index in [0.717, 1.165) is 0 Å². The lowest BCUT2D eigenvalue weighted by atomic mass is 9.97. The van der Waals surface area contributed by atoms with Crippen molar-refractivity contribution < 1.29 is 19.4 Å². The predicted octanol–water partition coefficient (Wildman–Crippen LogP) is 0.335. The molecule has 3 atom stereocenters. The van der Waals surface area contributed by atoms with Gasteiger partial charge in [-0.1, -0.05) is 0 Å². The van der Waals surface area contributed by atoms with E-state index in [1.54, 1.807) is 13.8 Å². The normalized spacial score (nSPS) is 34.2. The summed E-state index contributed by atoms with van der Waals surface area (Å²) < 4.78 is 10.1. The minimum absolute atomic E-state index is 0.175. The fourth-order valence-corrected chi connectivity index (χ4v) is 1.35. The molecule has 1 heterocycles. The molecule has 3 unspecified atom stereocenters. The van der Waals surface area contributed by atoms with Gasteiger partial charge < -0.3 is 14.6 Å². The van der Waals surface area contributed by atoms with E-state index in [0.29, 0.717) is 19.6 Å². The standard InChI is InChI=1S/C9H16O4/c1-3-12-9(11)7-4-8(10)6(2)13-5-7/h6-8,10H,3-5H2,1-2H3. The van der Waals surface area contributed by atoms with E-state index in [2.05, 4.69) is 0 Å². The topological polar surface area (TPSA) is 55.8 Å². The molecule has 1 rings (SSSR count). The van der Waals surface area contributed by atoms with Crippen molar-refractivity contribution in [2.45, 2.75) is 32.5 Å². The average Bonchev–Trinajstić information content (AvgIpc) is 2.10. The van der Waals surface area contributed by atoms with Crippen LogP contribution in [0.15, 0.2) is 0 Å². The first-order chi connectivity index (χ1) is 6.15. The van der Waals surface area contributed by atoms with Crippen LogP contribution in [-0.4, -0.2) is 36.5 Å². The summed E-state index contributed by atoms with van der Waals surface area (Å²) >= 11 is 0. The first-order valence-corrected chi connectivity index (χ1v) is 4.61. The second-order valence-electron chi connectivity index (χ2n) is 3.29. The van der Waals surface area contributed by atoms with Crippen molar-refractivity contribution in [2.24, 2.45) is 5.92 Å². The van der Waals surface area contributed by atoms with Crippen molar-refractivity contribution in [1.82, 2.24) is 0 Å². The molecule has 0 aromatic heterocycles.